The van der Waals surface area contributed by atoms with Crippen LogP contribution in [-0.4, -0.2) is 41.8 Å². The molecule has 1 aromatic carbocycles. The standard InChI is InChI=1S/C14H19NO4/c1-4-15(5-2,6-3)12-9-10(13(16)17)7-8-11(12)14(18)19/h7-9H,4-6H2,1-3H3,(H-,16,17,18,19)/p+1. The fraction of sp³-hybridized carbons (Fsp3) is 0.429. The molecule has 0 aliphatic carbocycles. The Hall–Kier alpha value is -1.88. The summed E-state index contributed by atoms with van der Waals surface area (Å²) >= 11 is 0. The molecule has 0 unspecified atom stereocenters. The van der Waals surface area contributed by atoms with Gasteiger partial charge in [0, 0.05) is 6.07 Å². The van der Waals surface area contributed by atoms with Gasteiger partial charge >= 0.3 is 11.9 Å². The van der Waals surface area contributed by atoms with E-state index in [0.29, 0.717) is 10.2 Å². The largest absolute Gasteiger partial charge is 0.478 e. The quantitative estimate of drug-likeness (QED) is 0.775. The molecule has 5 heteroatoms. The molecule has 0 aliphatic heterocycles. The van der Waals surface area contributed by atoms with E-state index in [1.807, 2.05) is 20.8 Å². The first-order valence-electron chi connectivity index (χ1n) is 6.39. The second-order valence-electron chi connectivity index (χ2n) is 4.44. The van der Waals surface area contributed by atoms with Crippen LogP contribution in [0.2, 0.25) is 0 Å². The summed E-state index contributed by atoms with van der Waals surface area (Å²) in [5.74, 6) is -2.07. The highest BCUT2D eigenvalue weighted by Crippen LogP contribution is 2.29. The van der Waals surface area contributed by atoms with E-state index in [1.54, 1.807) is 0 Å². The zero-order valence-corrected chi connectivity index (χ0v) is 11.5. The predicted octanol–water partition coefficient (Wildman–Crippen LogP) is 2.45. The van der Waals surface area contributed by atoms with Crippen LogP contribution >= 0.6 is 0 Å². The molecule has 19 heavy (non-hydrogen) atoms. The van der Waals surface area contributed by atoms with Gasteiger partial charge in [0.15, 0.2) is 0 Å². The molecule has 0 saturated carbocycles. The van der Waals surface area contributed by atoms with E-state index in [1.165, 1.54) is 18.2 Å². The van der Waals surface area contributed by atoms with E-state index < -0.39 is 11.9 Å². The first-order chi connectivity index (χ1) is 8.91. The van der Waals surface area contributed by atoms with Crippen molar-refractivity contribution < 1.29 is 19.8 Å². The van der Waals surface area contributed by atoms with E-state index in [4.69, 9.17) is 5.11 Å². The Bertz CT molecular complexity index is 484. The molecular weight excluding hydrogens is 246 g/mol. The van der Waals surface area contributed by atoms with Crippen molar-refractivity contribution in [2.45, 2.75) is 20.8 Å². The minimum atomic E-state index is -1.04. The normalized spacial score (nSPS) is 11.3. The maximum Gasteiger partial charge on any atom is 0.341 e. The summed E-state index contributed by atoms with van der Waals surface area (Å²) in [6.45, 7) is 8.09. The number of hydrogen-bond donors (Lipinski definition) is 2. The maximum atomic E-state index is 11.3. The molecule has 0 atom stereocenters. The molecule has 5 nitrogen and oxygen atoms in total. The molecule has 0 amide bonds. The lowest BCUT2D eigenvalue weighted by Crippen LogP contribution is -2.49. The van der Waals surface area contributed by atoms with E-state index in [2.05, 4.69) is 0 Å². The van der Waals surface area contributed by atoms with Gasteiger partial charge in [-0.1, -0.05) is 0 Å². The van der Waals surface area contributed by atoms with Gasteiger partial charge in [0.2, 0.25) is 0 Å². The van der Waals surface area contributed by atoms with E-state index in [9.17, 15) is 14.7 Å². The van der Waals surface area contributed by atoms with E-state index in [-0.39, 0.29) is 11.1 Å². The lowest BCUT2D eigenvalue weighted by molar-refractivity contribution is 0.0679. The van der Waals surface area contributed by atoms with Gasteiger partial charge in [0.05, 0.1) is 25.2 Å². The summed E-state index contributed by atoms with van der Waals surface area (Å²) in [5, 5.41) is 18.4. The summed E-state index contributed by atoms with van der Waals surface area (Å²) in [6, 6.07) is 4.21. The minimum absolute atomic E-state index is 0.123. The predicted molar refractivity (Wildman–Crippen MR) is 73.8 cm³/mol. The summed E-state index contributed by atoms with van der Waals surface area (Å²) in [4.78, 5) is 22.4. The number of aromatic carboxylic acids is 2. The highest BCUT2D eigenvalue weighted by Gasteiger charge is 2.31. The van der Waals surface area contributed by atoms with Crippen LogP contribution in [0.1, 0.15) is 41.5 Å². The smallest absolute Gasteiger partial charge is 0.341 e. The molecule has 0 heterocycles. The van der Waals surface area contributed by atoms with Crippen molar-refractivity contribution in [2.75, 3.05) is 19.6 Å². The Morgan fingerprint density at radius 2 is 1.53 bits per heavy atom. The number of hydrogen-bond acceptors (Lipinski definition) is 2. The van der Waals surface area contributed by atoms with Gasteiger partial charge in [0.25, 0.3) is 0 Å². The first-order valence-corrected chi connectivity index (χ1v) is 6.39. The Kier molecular flexibility index (Phi) is 4.67. The number of rotatable bonds is 6. The molecule has 0 saturated heterocycles. The Morgan fingerprint density at radius 3 is 1.89 bits per heavy atom. The second kappa shape index (κ2) is 5.84. The van der Waals surface area contributed by atoms with Gasteiger partial charge in [-0.15, -0.1) is 0 Å². The lowest BCUT2D eigenvalue weighted by atomic mass is 10.1. The monoisotopic (exact) mass is 266 g/mol. The molecule has 0 aliphatic rings. The Labute approximate surface area is 112 Å². The van der Waals surface area contributed by atoms with Gasteiger partial charge in [-0.3, -0.25) is 4.48 Å². The van der Waals surface area contributed by atoms with Gasteiger partial charge in [0.1, 0.15) is 11.3 Å². The number of carboxylic acid groups (broad SMARTS) is 2. The molecule has 1 aromatic rings. The average molecular weight is 266 g/mol. The third-order valence-electron chi connectivity index (χ3n) is 3.80. The third-order valence-corrected chi connectivity index (χ3v) is 3.80. The number of quaternary nitrogens is 1. The van der Waals surface area contributed by atoms with Crippen molar-refractivity contribution in [3.05, 3.63) is 29.3 Å². The van der Waals surface area contributed by atoms with Crippen LogP contribution in [0.25, 0.3) is 0 Å². The van der Waals surface area contributed by atoms with Crippen LogP contribution < -0.4 is 4.48 Å². The average Bonchev–Trinajstić information content (AvgIpc) is 2.41. The van der Waals surface area contributed by atoms with Crippen LogP contribution in [0.5, 0.6) is 0 Å². The van der Waals surface area contributed by atoms with Crippen molar-refractivity contribution in [1.82, 2.24) is 4.48 Å². The topological polar surface area (TPSA) is 74.6 Å². The number of benzene rings is 1. The highest BCUT2D eigenvalue weighted by atomic mass is 16.4. The summed E-state index contributed by atoms with van der Waals surface area (Å²) < 4.78 is 0.461. The summed E-state index contributed by atoms with van der Waals surface area (Å²) in [6.07, 6.45) is 0. The highest BCUT2D eigenvalue weighted by molar-refractivity contribution is 5.97. The van der Waals surface area contributed by atoms with Gasteiger partial charge < -0.3 is 10.2 Å². The molecule has 104 valence electrons. The fourth-order valence-corrected chi connectivity index (χ4v) is 2.42. The molecule has 1 rings (SSSR count). The van der Waals surface area contributed by atoms with Crippen molar-refractivity contribution in [1.29, 1.82) is 0 Å². The van der Waals surface area contributed by atoms with Crippen LogP contribution in [0, 0.1) is 0 Å². The molecule has 0 spiro atoms. The molecule has 0 aromatic heterocycles. The lowest BCUT2D eigenvalue weighted by Gasteiger charge is -2.36. The van der Waals surface area contributed by atoms with Crippen molar-refractivity contribution in [2.24, 2.45) is 0 Å². The first kappa shape index (κ1) is 15.2. The van der Waals surface area contributed by atoms with E-state index >= 15 is 0 Å². The minimum Gasteiger partial charge on any atom is -0.478 e. The Balaban J connectivity index is 3.55. The van der Waals surface area contributed by atoms with Gasteiger partial charge in [-0.2, -0.15) is 0 Å². The molecule has 0 radical (unpaired) electrons. The van der Waals surface area contributed by atoms with Crippen LogP contribution in [0.4, 0.5) is 5.69 Å². The van der Waals surface area contributed by atoms with Crippen LogP contribution in [0.3, 0.4) is 0 Å². The van der Waals surface area contributed by atoms with Crippen molar-refractivity contribution in [3.63, 3.8) is 0 Å². The zero-order chi connectivity index (χ0) is 14.6. The molecule has 0 fully saturated rings. The van der Waals surface area contributed by atoms with Crippen LogP contribution in [0.15, 0.2) is 18.2 Å². The van der Waals surface area contributed by atoms with Gasteiger partial charge in [-0.25, -0.2) is 9.59 Å². The number of carboxylic acids is 2. The molecular formula is C14H20NO4+. The number of carbonyl (C=O) groups is 2. The fourth-order valence-electron chi connectivity index (χ4n) is 2.42. The maximum absolute atomic E-state index is 11.3. The third kappa shape index (κ3) is 2.76. The van der Waals surface area contributed by atoms with E-state index in [0.717, 1.165) is 19.6 Å². The number of nitrogens with zero attached hydrogens (tertiary/aromatic N) is 1. The molecule has 0 bridgehead atoms. The second-order valence-corrected chi connectivity index (χ2v) is 4.44. The SMILES string of the molecule is CC[N+](CC)(CC)c1cc(C(=O)O)ccc1C(=O)O. The van der Waals surface area contributed by atoms with Crippen LogP contribution in [-0.2, 0) is 0 Å². The van der Waals surface area contributed by atoms with Crippen molar-refractivity contribution >= 4 is 17.6 Å². The summed E-state index contributed by atoms with van der Waals surface area (Å²) in [7, 11) is 0. The Morgan fingerprint density at radius 1 is 1.00 bits per heavy atom. The van der Waals surface area contributed by atoms with Gasteiger partial charge in [-0.05, 0) is 32.9 Å². The zero-order valence-electron chi connectivity index (χ0n) is 11.5. The van der Waals surface area contributed by atoms with Crippen molar-refractivity contribution in [3.8, 4) is 0 Å². The summed E-state index contributed by atoms with van der Waals surface area (Å²) in [5.41, 5.74) is 0.869. The molecule has 2 N–H and O–H groups in total.